The Kier molecular flexibility index (Phi) is 6.04. The van der Waals surface area contributed by atoms with E-state index < -0.39 is 11.9 Å². The minimum absolute atomic E-state index is 0.0923. The number of ether oxygens (including phenoxy) is 1. The van der Waals surface area contributed by atoms with Gasteiger partial charge in [0.05, 0.1) is 24.0 Å². The molecule has 1 amide bonds. The predicted molar refractivity (Wildman–Crippen MR) is 106 cm³/mol. The van der Waals surface area contributed by atoms with Crippen molar-refractivity contribution in [2.24, 2.45) is 11.8 Å². The molecule has 2 aliphatic heterocycles. The van der Waals surface area contributed by atoms with Crippen molar-refractivity contribution in [3.05, 3.63) is 30.0 Å². The number of aromatic nitrogens is 1. The average molecular weight is 402 g/mol. The van der Waals surface area contributed by atoms with E-state index in [0.29, 0.717) is 12.3 Å². The highest BCUT2D eigenvalue weighted by Gasteiger charge is 2.55. The molecule has 5 unspecified atom stereocenters. The minimum Gasteiger partial charge on any atom is -0.481 e. The van der Waals surface area contributed by atoms with Crippen LogP contribution in [0, 0.1) is 11.8 Å². The number of carbonyl (C=O) groups is 2. The number of hydrogen-bond acceptors (Lipinski definition) is 5. The van der Waals surface area contributed by atoms with E-state index in [2.05, 4.69) is 10.3 Å². The topological polar surface area (TPSA) is 102 Å². The second-order valence-electron chi connectivity index (χ2n) is 8.52. The van der Waals surface area contributed by atoms with Gasteiger partial charge in [-0.3, -0.25) is 9.59 Å². The van der Waals surface area contributed by atoms with Crippen molar-refractivity contribution in [3.8, 4) is 0 Å². The number of amides is 1. The second kappa shape index (κ2) is 8.69. The van der Waals surface area contributed by atoms with E-state index in [-0.39, 0.29) is 41.7 Å². The van der Waals surface area contributed by atoms with Crippen molar-refractivity contribution in [1.82, 2.24) is 10.3 Å². The van der Waals surface area contributed by atoms with Crippen LogP contribution in [0.4, 0.5) is 0 Å². The number of carboxylic acids is 1. The van der Waals surface area contributed by atoms with Gasteiger partial charge in [0.1, 0.15) is 6.26 Å². The van der Waals surface area contributed by atoms with E-state index in [1.165, 1.54) is 12.7 Å². The van der Waals surface area contributed by atoms with Crippen LogP contribution in [-0.4, -0.2) is 40.2 Å². The van der Waals surface area contributed by atoms with Gasteiger partial charge in [-0.1, -0.05) is 31.4 Å². The molecule has 2 N–H and O–H groups in total. The highest BCUT2D eigenvalue weighted by molar-refractivity contribution is 5.92. The largest absolute Gasteiger partial charge is 0.481 e. The Morgan fingerprint density at radius 3 is 2.72 bits per heavy atom. The van der Waals surface area contributed by atoms with Crippen LogP contribution in [0.15, 0.2) is 22.8 Å². The zero-order valence-corrected chi connectivity index (χ0v) is 16.9. The van der Waals surface area contributed by atoms with Crippen LogP contribution in [0.3, 0.4) is 0 Å². The lowest BCUT2D eigenvalue weighted by atomic mass is 9.71. The highest BCUT2D eigenvalue weighted by atomic mass is 16.5. The molecule has 7 heteroatoms. The molecule has 1 aromatic rings. The van der Waals surface area contributed by atoms with Gasteiger partial charge in [0.25, 0.3) is 5.91 Å². The minimum atomic E-state index is -0.823. The first kappa shape index (κ1) is 20.1. The third kappa shape index (κ3) is 4.10. The molecule has 0 spiro atoms. The standard InChI is InChI=1S/C22H30N2O5/c1-2-3-9-14(22(26)27)18-16-10-11-17(29-16)19(18)21-24-15(12-28-21)20(25)23-13-7-5-4-6-8-13/h2-3,12-14,16-19H,4-11H2,1H3,(H,23,25)(H,26,27). The smallest absolute Gasteiger partial charge is 0.307 e. The quantitative estimate of drug-likeness (QED) is 0.675. The Bertz CT molecular complexity index is 767. The molecule has 1 aromatic heterocycles. The molecule has 1 saturated carbocycles. The maximum Gasteiger partial charge on any atom is 0.307 e. The number of nitrogens with one attached hydrogen (secondary N) is 1. The van der Waals surface area contributed by atoms with Crippen LogP contribution in [-0.2, 0) is 9.53 Å². The number of fused-ring (bicyclic) bond motifs is 2. The Morgan fingerprint density at radius 2 is 2.00 bits per heavy atom. The molecule has 4 rings (SSSR count). The Balaban J connectivity index is 1.51. The molecule has 2 saturated heterocycles. The first-order valence-corrected chi connectivity index (χ1v) is 10.8. The Hall–Kier alpha value is -2.15. The molecular formula is C22H30N2O5. The molecule has 1 aliphatic carbocycles. The molecule has 7 nitrogen and oxygen atoms in total. The van der Waals surface area contributed by atoms with E-state index in [1.54, 1.807) is 0 Å². The van der Waals surface area contributed by atoms with Gasteiger partial charge in [0.15, 0.2) is 5.69 Å². The van der Waals surface area contributed by atoms with Gasteiger partial charge in [-0.25, -0.2) is 4.98 Å². The van der Waals surface area contributed by atoms with Crippen molar-refractivity contribution in [2.45, 2.75) is 82.5 Å². The van der Waals surface area contributed by atoms with Crippen LogP contribution in [0.1, 0.15) is 80.6 Å². The summed E-state index contributed by atoms with van der Waals surface area (Å²) < 4.78 is 11.8. The van der Waals surface area contributed by atoms with E-state index in [1.807, 2.05) is 19.1 Å². The number of carbonyl (C=O) groups excluding carboxylic acids is 1. The van der Waals surface area contributed by atoms with Gasteiger partial charge in [-0.15, -0.1) is 0 Å². The Morgan fingerprint density at radius 1 is 1.24 bits per heavy atom. The van der Waals surface area contributed by atoms with Crippen LogP contribution in [0.2, 0.25) is 0 Å². The van der Waals surface area contributed by atoms with Crippen molar-refractivity contribution < 1.29 is 23.8 Å². The molecule has 158 valence electrons. The number of hydrogen-bond donors (Lipinski definition) is 2. The number of oxazole rings is 1. The van der Waals surface area contributed by atoms with Crippen molar-refractivity contribution in [1.29, 1.82) is 0 Å². The average Bonchev–Trinajstić information content (AvgIpc) is 3.45. The fraction of sp³-hybridized carbons (Fsp3) is 0.682. The highest BCUT2D eigenvalue weighted by Crippen LogP contribution is 2.52. The summed E-state index contributed by atoms with van der Waals surface area (Å²) in [4.78, 5) is 29.1. The van der Waals surface area contributed by atoms with Gasteiger partial charge in [-0.2, -0.15) is 0 Å². The number of allylic oxidation sites excluding steroid dienone is 2. The van der Waals surface area contributed by atoms with Crippen LogP contribution in [0.25, 0.3) is 0 Å². The predicted octanol–water partition coefficient (Wildman–Crippen LogP) is 3.67. The first-order valence-electron chi connectivity index (χ1n) is 10.8. The van der Waals surface area contributed by atoms with E-state index in [9.17, 15) is 14.7 Å². The summed E-state index contributed by atoms with van der Waals surface area (Å²) in [5, 5.41) is 12.9. The normalized spacial score (nSPS) is 30.7. The molecule has 5 atom stereocenters. The van der Waals surface area contributed by atoms with Crippen LogP contribution >= 0.6 is 0 Å². The zero-order chi connectivity index (χ0) is 20.4. The molecule has 0 radical (unpaired) electrons. The molecule has 3 aliphatic rings. The van der Waals surface area contributed by atoms with Gasteiger partial charge < -0.3 is 19.6 Å². The van der Waals surface area contributed by atoms with Gasteiger partial charge in [0.2, 0.25) is 5.89 Å². The fourth-order valence-electron chi connectivity index (χ4n) is 5.31. The first-order chi connectivity index (χ1) is 14.1. The van der Waals surface area contributed by atoms with Crippen LogP contribution < -0.4 is 5.32 Å². The molecular weight excluding hydrogens is 372 g/mol. The summed E-state index contributed by atoms with van der Waals surface area (Å²) >= 11 is 0. The lowest BCUT2D eigenvalue weighted by Gasteiger charge is -2.30. The summed E-state index contributed by atoms with van der Waals surface area (Å²) in [7, 11) is 0. The molecule has 3 fully saturated rings. The molecule has 3 heterocycles. The third-order valence-electron chi connectivity index (χ3n) is 6.72. The number of carboxylic acid groups (broad SMARTS) is 1. The van der Waals surface area contributed by atoms with Crippen molar-refractivity contribution >= 4 is 11.9 Å². The molecule has 29 heavy (non-hydrogen) atoms. The number of nitrogens with zero attached hydrogens (tertiary/aromatic N) is 1. The summed E-state index contributed by atoms with van der Waals surface area (Å²) in [6.07, 6.45) is 12.7. The van der Waals surface area contributed by atoms with Crippen molar-refractivity contribution in [2.75, 3.05) is 0 Å². The second-order valence-corrected chi connectivity index (χ2v) is 8.52. The zero-order valence-electron chi connectivity index (χ0n) is 16.9. The van der Waals surface area contributed by atoms with Gasteiger partial charge in [-0.05, 0) is 39.0 Å². The summed E-state index contributed by atoms with van der Waals surface area (Å²) in [5.74, 6) is -1.58. The number of rotatable bonds is 7. The molecule has 2 bridgehead atoms. The number of aliphatic carboxylic acids is 1. The maximum absolute atomic E-state index is 12.6. The van der Waals surface area contributed by atoms with E-state index in [4.69, 9.17) is 9.15 Å². The van der Waals surface area contributed by atoms with Crippen molar-refractivity contribution in [3.63, 3.8) is 0 Å². The van der Waals surface area contributed by atoms with Gasteiger partial charge in [0, 0.05) is 12.0 Å². The third-order valence-corrected chi connectivity index (χ3v) is 6.72. The fourth-order valence-corrected chi connectivity index (χ4v) is 5.31. The van der Waals surface area contributed by atoms with Crippen LogP contribution in [0.5, 0.6) is 0 Å². The SMILES string of the molecule is CC=CCC(C(=O)O)C1C2CCC(O2)C1c1nc(C(=O)NC2CCCCC2)co1. The summed E-state index contributed by atoms with van der Waals surface area (Å²) in [6.45, 7) is 1.89. The summed E-state index contributed by atoms with van der Waals surface area (Å²) in [6, 6.07) is 0.201. The lowest BCUT2D eigenvalue weighted by molar-refractivity contribution is -0.144. The van der Waals surface area contributed by atoms with E-state index >= 15 is 0 Å². The van der Waals surface area contributed by atoms with Gasteiger partial charge >= 0.3 is 5.97 Å². The summed E-state index contributed by atoms with van der Waals surface area (Å²) in [5.41, 5.74) is 0.271. The maximum atomic E-state index is 12.6. The van der Waals surface area contributed by atoms with E-state index in [0.717, 1.165) is 38.5 Å². The molecule has 0 aromatic carbocycles. The Labute approximate surface area is 170 Å². The lowest BCUT2D eigenvalue weighted by Crippen LogP contribution is -2.37. The monoisotopic (exact) mass is 402 g/mol.